The SMILES string of the molecule is CC(C)(C)[Si](C)(C)O[Si](C)(C)C(C)(C)C.OCC1CCC(C#CCOC2CCCOC2)CC1. The Morgan fingerprint density at radius 3 is 1.85 bits per heavy atom. The zero-order valence-electron chi connectivity index (χ0n) is 23.5. The lowest BCUT2D eigenvalue weighted by Crippen LogP contribution is -2.53. The van der Waals surface area contributed by atoms with Gasteiger partial charge in [-0.15, -0.1) is 0 Å². The zero-order chi connectivity index (χ0) is 25.3. The van der Waals surface area contributed by atoms with Crippen LogP contribution in [0.5, 0.6) is 0 Å². The first kappa shape index (κ1) is 30.9. The van der Waals surface area contributed by atoms with Crippen molar-refractivity contribution < 1.29 is 18.7 Å². The fourth-order valence-corrected chi connectivity index (χ4v) is 11.2. The minimum atomic E-state index is -1.59. The fraction of sp³-hybridized carbons (Fsp3) is 0.926. The molecule has 0 bridgehead atoms. The molecule has 1 atom stereocenters. The van der Waals surface area contributed by atoms with Crippen molar-refractivity contribution in [1.82, 2.24) is 0 Å². The van der Waals surface area contributed by atoms with Crippen LogP contribution in [-0.4, -0.2) is 54.3 Å². The average Bonchev–Trinajstić information content (AvgIpc) is 2.70. The predicted molar refractivity (Wildman–Crippen MR) is 146 cm³/mol. The molecular formula is C27H54O4Si2. The van der Waals surface area contributed by atoms with Gasteiger partial charge >= 0.3 is 0 Å². The molecule has 1 unspecified atom stereocenters. The summed E-state index contributed by atoms with van der Waals surface area (Å²) >= 11 is 0. The first-order valence-corrected chi connectivity index (χ1v) is 18.9. The monoisotopic (exact) mass is 498 g/mol. The largest absolute Gasteiger partial charge is 0.455 e. The highest BCUT2D eigenvalue weighted by atomic mass is 28.4. The molecule has 2 rings (SSSR count). The molecule has 1 heterocycles. The third-order valence-electron chi connectivity index (χ3n) is 8.04. The highest BCUT2D eigenvalue weighted by Crippen LogP contribution is 2.44. The summed E-state index contributed by atoms with van der Waals surface area (Å²) < 4.78 is 17.7. The summed E-state index contributed by atoms with van der Waals surface area (Å²) in [4.78, 5) is 0. The molecule has 1 aliphatic carbocycles. The molecule has 2 aliphatic rings. The van der Waals surface area contributed by atoms with Gasteiger partial charge in [0.05, 0.1) is 12.7 Å². The Balaban J connectivity index is 0.000000337. The van der Waals surface area contributed by atoms with E-state index in [0.717, 1.165) is 51.7 Å². The molecule has 33 heavy (non-hydrogen) atoms. The van der Waals surface area contributed by atoms with Crippen molar-refractivity contribution in [1.29, 1.82) is 0 Å². The van der Waals surface area contributed by atoms with Crippen LogP contribution in [0.2, 0.25) is 36.3 Å². The summed E-state index contributed by atoms with van der Waals surface area (Å²) in [6.45, 7) is 25.8. The van der Waals surface area contributed by atoms with Crippen molar-refractivity contribution in [2.45, 2.75) is 122 Å². The first-order chi connectivity index (χ1) is 15.1. The van der Waals surface area contributed by atoms with Crippen molar-refractivity contribution >= 4 is 16.6 Å². The summed E-state index contributed by atoms with van der Waals surface area (Å²) in [6, 6.07) is 0. The van der Waals surface area contributed by atoms with Crippen LogP contribution in [0.1, 0.15) is 80.1 Å². The van der Waals surface area contributed by atoms with Gasteiger partial charge in [-0.25, -0.2) is 0 Å². The molecule has 0 aromatic rings. The Bertz CT molecular complexity index is 585. The molecular weight excluding hydrogens is 444 g/mol. The van der Waals surface area contributed by atoms with Gasteiger partial charge in [-0.1, -0.05) is 53.4 Å². The van der Waals surface area contributed by atoms with E-state index in [2.05, 4.69) is 79.6 Å². The van der Waals surface area contributed by atoms with E-state index in [4.69, 9.17) is 18.7 Å². The third-order valence-corrected chi connectivity index (χ3v) is 19.4. The number of aliphatic hydroxyl groups is 1. The van der Waals surface area contributed by atoms with Gasteiger partial charge in [0.2, 0.25) is 0 Å². The molecule has 0 aromatic carbocycles. The highest BCUT2D eigenvalue weighted by molar-refractivity contribution is 6.87. The van der Waals surface area contributed by atoms with Crippen LogP contribution in [0.3, 0.4) is 0 Å². The number of aliphatic hydroxyl groups excluding tert-OH is 1. The second-order valence-electron chi connectivity index (χ2n) is 13.0. The van der Waals surface area contributed by atoms with Gasteiger partial charge in [0, 0.05) is 19.1 Å². The summed E-state index contributed by atoms with van der Waals surface area (Å²) in [5.74, 6) is 7.48. The molecule has 0 aromatic heterocycles. The molecule has 6 heteroatoms. The van der Waals surface area contributed by atoms with Crippen LogP contribution < -0.4 is 0 Å². The number of hydrogen-bond donors (Lipinski definition) is 1. The number of rotatable bonds is 5. The normalized spacial score (nSPS) is 24.9. The first-order valence-electron chi connectivity index (χ1n) is 13.1. The summed E-state index contributed by atoms with van der Waals surface area (Å²) in [7, 11) is -3.18. The Morgan fingerprint density at radius 1 is 0.879 bits per heavy atom. The second-order valence-corrected chi connectivity index (χ2v) is 22.9. The highest BCUT2D eigenvalue weighted by Gasteiger charge is 2.46. The maximum atomic E-state index is 9.07. The molecule has 1 saturated heterocycles. The van der Waals surface area contributed by atoms with Gasteiger partial charge in [-0.3, -0.25) is 0 Å². The van der Waals surface area contributed by atoms with Crippen LogP contribution in [0.25, 0.3) is 0 Å². The van der Waals surface area contributed by atoms with E-state index in [1.807, 2.05) is 0 Å². The zero-order valence-corrected chi connectivity index (χ0v) is 25.5. The third kappa shape index (κ3) is 11.0. The molecule has 4 nitrogen and oxygen atoms in total. The van der Waals surface area contributed by atoms with Crippen LogP contribution in [0.4, 0.5) is 0 Å². The summed E-state index contributed by atoms with van der Waals surface area (Å²) in [6.07, 6.45) is 6.95. The maximum Gasteiger partial charge on any atom is 0.178 e. The van der Waals surface area contributed by atoms with Crippen molar-refractivity contribution in [2.75, 3.05) is 26.4 Å². The molecule has 0 radical (unpaired) electrons. The van der Waals surface area contributed by atoms with Crippen LogP contribution in [-0.2, 0) is 13.6 Å². The molecule has 1 aliphatic heterocycles. The fourth-order valence-electron chi connectivity index (χ4n) is 3.62. The minimum absolute atomic E-state index is 0.248. The van der Waals surface area contributed by atoms with Gasteiger partial charge in [-0.05, 0) is 80.7 Å². The van der Waals surface area contributed by atoms with E-state index in [-0.39, 0.29) is 6.10 Å². The van der Waals surface area contributed by atoms with E-state index >= 15 is 0 Å². The Morgan fingerprint density at radius 2 is 1.42 bits per heavy atom. The average molecular weight is 499 g/mol. The lowest BCUT2D eigenvalue weighted by Gasteiger charge is -2.47. The van der Waals surface area contributed by atoms with Gasteiger partial charge in [0.15, 0.2) is 16.6 Å². The smallest absolute Gasteiger partial charge is 0.178 e. The Kier molecular flexibility index (Phi) is 12.4. The molecule has 1 N–H and O–H groups in total. The molecule has 2 fully saturated rings. The van der Waals surface area contributed by atoms with Gasteiger partial charge < -0.3 is 18.7 Å². The lowest BCUT2D eigenvalue weighted by atomic mass is 9.83. The van der Waals surface area contributed by atoms with Gasteiger partial charge in [0.1, 0.15) is 6.61 Å². The number of hydrogen-bond acceptors (Lipinski definition) is 4. The van der Waals surface area contributed by atoms with Gasteiger partial charge in [0.25, 0.3) is 0 Å². The Hall–Kier alpha value is -0.166. The van der Waals surface area contributed by atoms with Crippen molar-refractivity contribution in [3.8, 4) is 11.8 Å². The minimum Gasteiger partial charge on any atom is -0.455 e. The van der Waals surface area contributed by atoms with E-state index in [1.54, 1.807) is 0 Å². The number of ether oxygens (including phenoxy) is 2. The summed E-state index contributed by atoms with van der Waals surface area (Å²) in [5.41, 5.74) is 0. The maximum absolute atomic E-state index is 9.07. The summed E-state index contributed by atoms with van der Waals surface area (Å²) in [5, 5.41) is 9.71. The molecule has 194 valence electrons. The van der Waals surface area contributed by atoms with Crippen molar-refractivity contribution in [2.24, 2.45) is 11.8 Å². The molecule has 0 spiro atoms. The van der Waals surface area contributed by atoms with Crippen LogP contribution in [0.15, 0.2) is 0 Å². The van der Waals surface area contributed by atoms with Crippen molar-refractivity contribution in [3.63, 3.8) is 0 Å². The van der Waals surface area contributed by atoms with Gasteiger partial charge in [-0.2, -0.15) is 0 Å². The second kappa shape index (κ2) is 13.2. The molecule has 1 saturated carbocycles. The van der Waals surface area contributed by atoms with Crippen molar-refractivity contribution in [3.05, 3.63) is 0 Å². The van der Waals surface area contributed by atoms with Crippen LogP contribution >= 0.6 is 0 Å². The van der Waals surface area contributed by atoms with E-state index in [0.29, 0.717) is 35.1 Å². The van der Waals surface area contributed by atoms with E-state index < -0.39 is 16.6 Å². The molecule has 0 amide bonds. The lowest BCUT2D eigenvalue weighted by molar-refractivity contribution is -0.0394. The van der Waals surface area contributed by atoms with E-state index in [9.17, 15) is 0 Å². The quantitative estimate of drug-likeness (QED) is 0.327. The Labute approximate surface area is 207 Å². The van der Waals surface area contributed by atoms with E-state index in [1.165, 1.54) is 0 Å². The standard InChI is InChI=1S/C15H24O3.C12H30OSi2/c16-11-14-7-5-13(6-8-14)3-1-10-18-15-4-2-9-17-12-15;1-11(2,3)14(7,8)13-15(9,10)12(4,5)6/h13-16H,2,4-12H2;1-10H3. The van der Waals surface area contributed by atoms with Crippen LogP contribution in [0, 0.1) is 23.7 Å². The topological polar surface area (TPSA) is 47.9 Å². The predicted octanol–water partition coefficient (Wildman–Crippen LogP) is 7.00.